The van der Waals surface area contributed by atoms with Crippen molar-refractivity contribution in [1.82, 2.24) is 0 Å². The average Bonchev–Trinajstić information content (AvgIpc) is 2.53. The van der Waals surface area contributed by atoms with E-state index in [9.17, 15) is 4.79 Å². The number of hydrogen-bond donors (Lipinski definition) is 0. The predicted molar refractivity (Wildman–Crippen MR) is 109 cm³/mol. The number of carbonyl (C=O) groups is 1. The minimum absolute atomic E-state index is 0.0130. The molecule has 4 unspecified atom stereocenters. The summed E-state index contributed by atoms with van der Waals surface area (Å²) in [6.07, 6.45) is 9.20. The Morgan fingerprint density at radius 2 is 1.64 bits per heavy atom. The highest BCUT2D eigenvalue weighted by Gasteiger charge is 2.36. The van der Waals surface area contributed by atoms with Crippen LogP contribution in [0.2, 0.25) is 0 Å². The van der Waals surface area contributed by atoms with E-state index in [-0.39, 0.29) is 25.1 Å². The maximum absolute atomic E-state index is 12.3. The molecule has 4 atom stereocenters. The summed E-state index contributed by atoms with van der Waals surface area (Å²) < 4.78 is 0. The molecular weight excluding hydrogens is 540 g/mol. The molecule has 0 saturated heterocycles. The fourth-order valence-corrected chi connectivity index (χ4v) is 5.26. The normalized spacial score (nSPS) is 29.0. The number of benzene rings is 1. The summed E-state index contributed by atoms with van der Waals surface area (Å²) in [7, 11) is 0. The van der Waals surface area contributed by atoms with Gasteiger partial charge in [0, 0.05) is 20.1 Å². The van der Waals surface area contributed by atoms with Crippen LogP contribution in [-0.2, 0) is 4.79 Å². The van der Waals surface area contributed by atoms with Gasteiger partial charge in [-0.05, 0) is 11.6 Å². The van der Waals surface area contributed by atoms with Crippen LogP contribution in [0, 0.1) is 0 Å². The van der Waals surface area contributed by atoms with Crippen molar-refractivity contribution in [2.75, 3.05) is 0 Å². The highest BCUT2D eigenvalue weighted by molar-refractivity contribution is 9.14. The first-order valence-electron chi connectivity index (χ1n) is 6.73. The van der Waals surface area contributed by atoms with Gasteiger partial charge in [-0.2, -0.15) is 0 Å². The van der Waals surface area contributed by atoms with Gasteiger partial charge in [-0.15, -0.1) is 0 Å². The second-order valence-corrected chi connectivity index (χ2v) is 9.01. The van der Waals surface area contributed by atoms with Crippen LogP contribution >= 0.6 is 63.7 Å². The van der Waals surface area contributed by atoms with Crippen LogP contribution in [0.3, 0.4) is 0 Å². The summed E-state index contributed by atoms with van der Waals surface area (Å²) >= 11 is 14.4. The minimum atomic E-state index is -0.0130. The maximum atomic E-state index is 12.3. The fourth-order valence-electron chi connectivity index (χ4n) is 2.05. The molecule has 0 aromatic heterocycles. The molecule has 1 aliphatic rings. The molecule has 116 valence electrons. The number of hydrogen-bond acceptors (Lipinski definition) is 1. The van der Waals surface area contributed by atoms with Crippen LogP contribution in [0.5, 0.6) is 0 Å². The van der Waals surface area contributed by atoms with Crippen molar-refractivity contribution in [1.29, 1.82) is 0 Å². The standard InChI is InChI=1S/C17H14Br4O/c18-13-10-12(15(19)17(21)16(13)20)14(22)9-5-4-8-11-6-2-1-3-7-11/h1-10,13,15-17H. The van der Waals surface area contributed by atoms with E-state index in [0.717, 1.165) is 11.1 Å². The molecule has 1 aromatic rings. The Hall–Kier alpha value is 0.0300. The molecule has 0 radical (unpaired) electrons. The molecule has 0 spiro atoms. The van der Waals surface area contributed by atoms with Gasteiger partial charge in [-0.1, -0.05) is 118 Å². The zero-order valence-corrected chi connectivity index (χ0v) is 17.8. The Kier molecular flexibility index (Phi) is 7.32. The van der Waals surface area contributed by atoms with E-state index in [1.807, 2.05) is 48.6 Å². The zero-order valence-electron chi connectivity index (χ0n) is 11.5. The van der Waals surface area contributed by atoms with Crippen LogP contribution in [0.25, 0.3) is 6.08 Å². The molecule has 0 fully saturated rings. The van der Waals surface area contributed by atoms with Crippen LogP contribution < -0.4 is 0 Å². The molecule has 1 aliphatic carbocycles. The van der Waals surface area contributed by atoms with Crippen LogP contribution in [-0.4, -0.2) is 25.1 Å². The van der Waals surface area contributed by atoms with E-state index in [1.54, 1.807) is 12.2 Å². The third kappa shape index (κ3) is 4.76. The van der Waals surface area contributed by atoms with Gasteiger partial charge in [0.1, 0.15) is 0 Å². The SMILES string of the molecule is O=C(C=CC=Cc1ccccc1)C1=CC(Br)C(Br)C(Br)C1Br. The third-order valence-corrected chi connectivity index (χ3v) is 9.52. The topological polar surface area (TPSA) is 17.1 Å². The van der Waals surface area contributed by atoms with Gasteiger partial charge >= 0.3 is 0 Å². The van der Waals surface area contributed by atoms with Crippen molar-refractivity contribution < 1.29 is 4.79 Å². The zero-order chi connectivity index (χ0) is 16.1. The van der Waals surface area contributed by atoms with Gasteiger partial charge in [0.25, 0.3) is 0 Å². The van der Waals surface area contributed by atoms with Gasteiger partial charge in [0.15, 0.2) is 5.78 Å². The molecule has 0 heterocycles. The number of allylic oxidation sites excluding steroid dienone is 5. The van der Waals surface area contributed by atoms with Gasteiger partial charge < -0.3 is 0 Å². The van der Waals surface area contributed by atoms with E-state index in [0.29, 0.717) is 0 Å². The van der Waals surface area contributed by atoms with E-state index in [1.165, 1.54) is 0 Å². The quantitative estimate of drug-likeness (QED) is 0.261. The molecule has 0 amide bonds. The molecule has 22 heavy (non-hydrogen) atoms. The first kappa shape index (κ1) is 18.4. The molecule has 1 nitrogen and oxygen atoms in total. The highest BCUT2D eigenvalue weighted by atomic mass is 79.9. The average molecular weight is 554 g/mol. The predicted octanol–water partition coefficient (Wildman–Crippen LogP) is 5.82. The smallest absolute Gasteiger partial charge is 0.182 e. The van der Waals surface area contributed by atoms with E-state index < -0.39 is 0 Å². The molecule has 2 rings (SSSR count). The fraction of sp³-hybridized carbons (Fsp3) is 0.235. The molecule has 0 aliphatic heterocycles. The summed E-state index contributed by atoms with van der Waals surface area (Å²) in [5, 5.41) is 0. The summed E-state index contributed by atoms with van der Waals surface area (Å²) in [4.78, 5) is 12.8. The first-order chi connectivity index (χ1) is 10.5. The highest BCUT2D eigenvalue weighted by Crippen LogP contribution is 2.38. The number of ketones is 1. The van der Waals surface area contributed by atoms with Gasteiger partial charge in [-0.3, -0.25) is 4.79 Å². The Labute approximate surface area is 164 Å². The molecule has 0 N–H and O–H groups in total. The Bertz CT molecular complexity index is 606. The summed E-state index contributed by atoms with van der Waals surface area (Å²) in [5.41, 5.74) is 1.88. The molecule has 5 heteroatoms. The van der Waals surface area contributed by atoms with E-state index in [2.05, 4.69) is 63.7 Å². The van der Waals surface area contributed by atoms with Gasteiger partial charge in [-0.25, -0.2) is 0 Å². The summed E-state index contributed by atoms with van der Waals surface area (Å²) in [5.74, 6) is 0.0212. The lowest BCUT2D eigenvalue weighted by molar-refractivity contribution is -0.111. The van der Waals surface area contributed by atoms with Crippen molar-refractivity contribution in [3.8, 4) is 0 Å². The molecular formula is C17H14Br4O. The van der Waals surface area contributed by atoms with Crippen molar-refractivity contribution in [3.63, 3.8) is 0 Å². The molecule has 1 aromatic carbocycles. The lowest BCUT2D eigenvalue weighted by Crippen LogP contribution is -2.38. The summed E-state index contributed by atoms with van der Waals surface area (Å²) in [6, 6.07) is 9.99. The number of alkyl halides is 4. The van der Waals surface area contributed by atoms with Gasteiger partial charge in [0.2, 0.25) is 0 Å². The Morgan fingerprint density at radius 1 is 0.955 bits per heavy atom. The maximum Gasteiger partial charge on any atom is 0.182 e. The number of rotatable bonds is 4. The van der Waals surface area contributed by atoms with Gasteiger partial charge in [0.05, 0.1) is 4.83 Å². The molecule has 0 bridgehead atoms. The minimum Gasteiger partial charge on any atom is -0.290 e. The lowest BCUT2D eigenvalue weighted by Gasteiger charge is -2.30. The first-order valence-corrected chi connectivity index (χ1v) is 10.4. The van der Waals surface area contributed by atoms with Crippen LogP contribution in [0.1, 0.15) is 5.56 Å². The van der Waals surface area contributed by atoms with Crippen molar-refractivity contribution in [2.24, 2.45) is 0 Å². The monoisotopic (exact) mass is 550 g/mol. The van der Waals surface area contributed by atoms with E-state index in [4.69, 9.17) is 0 Å². The lowest BCUT2D eigenvalue weighted by atomic mass is 9.95. The van der Waals surface area contributed by atoms with Crippen LogP contribution in [0.4, 0.5) is 0 Å². The van der Waals surface area contributed by atoms with Crippen molar-refractivity contribution in [3.05, 3.63) is 65.8 Å². The van der Waals surface area contributed by atoms with Crippen LogP contribution in [0.15, 0.2) is 60.2 Å². The van der Waals surface area contributed by atoms with Crippen molar-refractivity contribution in [2.45, 2.75) is 19.3 Å². The van der Waals surface area contributed by atoms with E-state index >= 15 is 0 Å². The summed E-state index contributed by atoms with van der Waals surface area (Å²) in [6.45, 7) is 0. The number of carbonyl (C=O) groups excluding carboxylic acids is 1. The Morgan fingerprint density at radius 3 is 2.32 bits per heavy atom. The second kappa shape index (κ2) is 8.76. The third-order valence-electron chi connectivity index (χ3n) is 3.26. The molecule has 0 saturated carbocycles. The second-order valence-electron chi connectivity index (χ2n) is 4.85. The largest absolute Gasteiger partial charge is 0.290 e. The van der Waals surface area contributed by atoms with Crippen molar-refractivity contribution >= 4 is 75.6 Å². The Balaban J connectivity index is 2.04. The number of halogens is 4.